The van der Waals surface area contributed by atoms with Crippen molar-refractivity contribution in [1.29, 1.82) is 0 Å². The van der Waals surface area contributed by atoms with Crippen LogP contribution in [0, 0.1) is 28.7 Å². The highest BCUT2D eigenvalue weighted by Crippen LogP contribution is 2.40. The molecule has 38 heavy (non-hydrogen) atoms. The van der Waals surface area contributed by atoms with E-state index in [9.17, 15) is 32.6 Å². The van der Waals surface area contributed by atoms with Gasteiger partial charge in [-0.15, -0.1) is 11.8 Å². The lowest BCUT2D eigenvalue weighted by Gasteiger charge is -2.39. The first-order chi connectivity index (χ1) is 18.1. The Kier molecular flexibility index (Phi) is 8.79. The van der Waals surface area contributed by atoms with E-state index in [-0.39, 0.29) is 23.3 Å². The second-order valence-corrected chi connectivity index (χ2v) is 10.6. The molecule has 1 unspecified atom stereocenters. The Morgan fingerprint density at radius 1 is 1.16 bits per heavy atom. The smallest absolute Gasteiger partial charge is 0.309 e. The van der Waals surface area contributed by atoms with Crippen LogP contribution in [0.3, 0.4) is 0 Å². The molecule has 2 N–H and O–H groups in total. The summed E-state index contributed by atoms with van der Waals surface area (Å²) in [6, 6.07) is 6.38. The van der Waals surface area contributed by atoms with Gasteiger partial charge in [0.15, 0.2) is 11.6 Å². The molecule has 0 saturated carbocycles. The van der Waals surface area contributed by atoms with Crippen molar-refractivity contribution in [3.63, 3.8) is 0 Å². The van der Waals surface area contributed by atoms with E-state index in [4.69, 9.17) is 4.74 Å². The van der Waals surface area contributed by atoms with E-state index in [0.29, 0.717) is 60.9 Å². The third kappa shape index (κ3) is 6.05. The number of fused-ring (bicyclic) bond motifs is 1. The highest BCUT2D eigenvalue weighted by molar-refractivity contribution is 7.99. The number of halogens is 4. The molecule has 6 nitrogen and oxygen atoms in total. The molecule has 1 atom stereocenters. The predicted molar refractivity (Wildman–Crippen MR) is 135 cm³/mol. The summed E-state index contributed by atoms with van der Waals surface area (Å²) in [4.78, 5) is 18.2. The number of aromatic nitrogens is 1. The highest BCUT2D eigenvalue weighted by Gasteiger charge is 2.41. The minimum Gasteiger partial charge on any atom is -0.497 e. The summed E-state index contributed by atoms with van der Waals surface area (Å²) in [7, 11) is 1.48. The van der Waals surface area contributed by atoms with E-state index >= 15 is 0 Å². The number of hydrogen-bond donors (Lipinski definition) is 2. The summed E-state index contributed by atoms with van der Waals surface area (Å²) in [6.07, 6.45) is 0.625. The zero-order valence-corrected chi connectivity index (χ0v) is 21.5. The van der Waals surface area contributed by atoms with Gasteiger partial charge < -0.3 is 19.8 Å². The second kappa shape index (κ2) is 11.9. The van der Waals surface area contributed by atoms with Gasteiger partial charge in [0.2, 0.25) is 0 Å². The number of carbonyl (C=O) groups is 1. The zero-order chi connectivity index (χ0) is 27.4. The first kappa shape index (κ1) is 28.1. The van der Waals surface area contributed by atoms with Crippen LogP contribution >= 0.6 is 11.8 Å². The molecule has 11 heteroatoms. The maximum Gasteiger partial charge on any atom is 0.309 e. The molecule has 204 valence electrons. The fourth-order valence-electron chi connectivity index (χ4n) is 4.89. The quantitative estimate of drug-likeness (QED) is 0.193. The molecule has 0 bridgehead atoms. The van der Waals surface area contributed by atoms with Crippen molar-refractivity contribution < 1.29 is 37.3 Å². The number of pyridine rings is 1. The molecular weight excluding hydrogens is 524 g/mol. The Bertz CT molecular complexity index is 1320. The maximum absolute atomic E-state index is 14.7. The average Bonchev–Trinajstić information content (AvgIpc) is 2.90. The van der Waals surface area contributed by atoms with Gasteiger partial charge in [-0.05, 0) is 63.0 Å². The van der Waals surface area contributed by atoms with Gasteiger partial charge in [-0.2, -0.15) is 0 Å². The number of likely N-dealkylation sites (tertiary alicyclic amines) is 1. The van der Waals surface area contributed by atoms with E-state index in [0.717, 1.165) is 24.0 Å². The number of benzene rings is 2. The van der Waals surface area contributed by atoms with Gasteiger partial charge in [-0.3, -0.25) is 9.78 Å². The van der Waals surface area contributed by atoms with Gasteiger partial charge in [0.1, 0.15) is 17.4 Å². The standard InChI is InChI=1S/C27H28F4N2O4S/c1-37-17-2-3-21-18(14-17)24(20(30)15-32-21)22(34)4-5-27(26(35)36)6-8-33(9-7-27)10-11-38-23-13-16(28)12-19(29)25(23)31/h2-3,12-15,22,34H,4-11H2,1H3,(H,35,36). The Morgan fingerprint density at radius 2 is 1.89 bits per heavy atom. The number of aliphatic hydroxyl groups excluding tert-OH is 1. The molecule has 1 saturated heterocycles. The monoisotopic (exact) mass is 552 g/mol. The van der Waals surface area contributed by atoms with E-state index < -0.39 is 40.8 Å². The molecule has 1 aromatic heterocycles. The van der Waals surface area contributed by atoms with Gasteiger partial charge >= 0.3 is 5.97 Å². The summed E-state index contributed by atoms with van der Waals surface area (Å²) >= 11 is 0.996. The van der Waals surface area contributed by atoms with Gasteiger partial charge in [0, 0.05) is 34.2 Å². The third-order valence-corrected chi connectivity index (χ3v) is 8.18. The van der Waals surface area contributed by atoms with Crippen molar-refractivity contribution in [2.24, 2.45) is 5.41 Å². The van der Waals surface area contributed by atoms with Crippen molar-refractivity contribution in [2.45, 2.75) is 36.7 Å². The molecule has 2 heterocycles. The van der Waals surface area contributed by atoms with Gasteiger partial charge in [0.25, 0.3) is 0 Å². The van der Waals surface area contributed by atoms with Crippen LogP contribution in [-0.4, -0.2) is 58.6 Å². The molecule has 4 rings (SSSR count). The predicted octanol–water partition coefficient (Wildman–Crippen LogP) is 5.57. The molecule has 0 radical (unpaired) electrons. The minimum atomic E-state index is -1.24. The topological polar surface area (TPSA) is 82.9 Å². The van der Waals surface area contributed by atoms with Crippen LogP contribution in [0.1, 0.15) is 37.4 Å². The van der Waals surface area contributed by atoms with Crippen molar-refractivity contribution in [3.05, 3.63) is 65.4 Å². The number of thioether (sulfide) groups is 1. The van der Waals surface area contributed by atoms with Crippen molar-refractivity contribution in [1.82, 2.24) is 9.88 Å². The maximum atomic E-state index is 14.7. The molecule has 0 aliphatic carbocycles. The van der Waals surface area contributed by atoms with E-state index in [1.54, 1.807) is 18.2 Å². The molecule has 0 amide bonds. The third-order valence-electron chi connectivity index (χ3n) is 7.19. The number of piperidine rings is 1. The summed E-state index contributed by atoms with van der Waals surface area (Å²) < 4.78 is 60.6. The highest BCUT2D eigenvalue weighted by atomic mass is 32.2. The Morgan fingerprint density at radius 3 is 2.58 bits per heavy atom. The Labute approximate surface area is 221 Å². The SMILES string of the molecule is COc1ccc2ncc(F)c(C(O)CCC3(C(=O)O)CCN(CCSc4cc(F)cc(F)c4F)CC3)c2c1. The number of aliphatic carboxylic acids is 1. The summed E-state index contributed by atoms with van der Waals surface area (Å²) in [6.45, 7) is 1.38. The Hall–Kier alpha value is -2.89. The molecule has 3 aromatic rings. The van der Waals surface area contributed by atoms with Crippen LogP contribution in [-0.2, 0) is 4.79 Å². The number of methoxy groups -OCH3 is 1. The molecule has 0 spiro atoms. The van der Waals surface area contributed by atoms with Crippen LogP contribution in [0.5, 0.6) is 5.75 Å². The number of carboxylic acid groups (broad SMARTS) is 1. The summed E-state index contributed by atoms with van der Waals surface area (Å²) in [5.41, 5.74) is -0.537. The number of rotatable bonds is 10. The molecule has 1 fully saturated rings. The zero-order valence-electron chi connectivity index (χ0n) is 20.7. The summed E-state index contributed by atoms with van der Waals surface area (Å²) in [5, 5.41) is 21.4. The van der Waals surface area contributed by atoms with Gasteiger partial charge in [-0.1, -0.05) is 0 Å². The number of ether oxygens (including phenoxy) is 1. The fourth-order valence-corrected chi connectivity index (χ4v) is 5.88. The lowest BCUT2D eigenvalue weighted by atomic mass is 9.74. The fraction of sp³-hybridized carbons (Fsp3) is 0.407. The van der Waals surface area contributed by atoms with Crippen molar-refractivity contribution in [3.8, 4) is 5.75 Å². The minimum absolute atomic E-state index is 0.0415. The van der Waals surface area contributed by atoms with Gasteiger partial charge in [0.05, 0.1) is 30.3 Å². The number of aliphatic hydroxyl groups is 1. The van der Waals surface area contributed by atoms with Crippen molar-refractivity contribution >= 4 is 28.6 Å². The second-order valence-electron chi connectivity index (χ2n) is 9.43. The van der Waals surface area contributed by atoms with Crippen LogP contribution in [0.2, 0.25) is 0 Å². The van der Waals surface area contributed by atoms with E-state index in [2.05, 4.69) is 4.98 Å². The normalized spacial score (nSPS) is 16.5. The average molecular weight is 553 g/mol. The number of carboxylic acids is 1. The lowest BCUT2D eigenvalue weighted by Crippen LogP contribution is -2.45. The van der Waals surface area contributed by atoms with Crippen LogP contribution in [0.25, 0.3) is 10.9 Å². The molecule has 1 aliphatic rings. The molecule has 2 aromatic carbocycles. The number of hydrogen-bond acceptors (Lipinski definition) is 6. The lowest BCUT2D eigenvalue weighted by molar-refractivity contribution is -0.153. The van der Waals surface area contributed by atoms with E-state index in [1.165, 1.54) is 7.11 Å². The Balaban J connectivity index is 1.37. The number of nitrogens with zero attached hydrogens (tertiary/aromatic N) is 2. The van der Waals surface area contributed by atoms with Crippen LogP contribution < -0.4 is 4.74 Å². The van der Waals surface area contributed by atoms with Crippen LogP contribution in [0.15, 0.2) is 41.4 Å². The van der Waals surface area contributed by atoms with Crippen LogP contribution in [0.4, 0.5) is 17.6 Å². The first-order valence-electron chi connectivity index (χ1n) is 12.2. The molecular formula is C27H28F4N2O4S. The van der Waals surface area contributed by atoms with Crippen molar-refractivity contribution in [2.75, 3.05) is 32.5 Å². The largest absolute Gasteiger partial charge is 0.497 e. The summed E-state index contributed by atoms with van der Waals surface area (Å²) in [5.74, 6) is -3.97. The van der Waals surface area contributed by atoms with E-state index in [1.807, 2.05) is 4.90 Å². The first-order valence-corrected chi connectivity index (χ1v) is 13.2. The molecule has 1 aliphatic heterocycles. The van der Waals surface area contributed by atoms with Gasteiger partial charge in [-0.25, -0.2) is 17.6 Å².